The number of halogens is 1. The molecule has 5 nitrogen and oxygen atoms in total. The average Bonchev–Trinajstić information content (AvgIpc) is 3.06. The van der Waals surface area contributed by atoms with Gasteiger partial charge in [0.05, 0.1) is 10.5 Å². The lowest BCUT2D eigenvalue weighted by Gasteiger charge is -2.08. The molecule has 0 saturated heterocycles. The lowest BCUT2D eigenvalue weighted by molar-refractivity contribution is 0.0695. The molecule has 19 heavy (non-hydrogen) atoms. The molecule has 1 aromatic carbocycles. The SMILES string of the molecule is CCC1CC1NS(=O)(=O)c1ccc(Br)c(C(=O)O)c1. The molecule has 1 fully saturated rings. The van der Waals surface area contributed by atoms with Crippen molar-refractivity contribution >= 4 is 31.9 Å². The molecule has 1 aromatic rings. The van der Waals surface area contributed by atoms with E-state index >= 15 is 0 Å². The summed E-state index contributed by atoms with van der Waals surface area (Å²) in [6, 6.07) is 3.97. The molecule has 0 heterocycles. The van der Waals surface area contributed by atoms with Gasteiger partial charge < -0.3 is 5.11 Å². The van der Waals surface area contributed by atoms with Crippen LogP contribution in [0.1, 0.15) is 30.1 Å². The standard InChI is InChI=1S/C12H14BrNO4S/c1-2-7-5-11(7)14-19(17,18)8-3-4-10(13)9(6-8)12(15)16/h3-4,6-7,11,14H,2,5H2,1H3,(H,15,16). The highest BCUT2D eigenvalue weighted by Gasteiger charge is 2.38. The smallest absolute Gasteiger partial charge is 0.336 e. The van der Waals surface area contributed by atoms with E-state index < -0.39 is 16.0 Å². The van der Waals surface area contributed by atoms with Crippen molar-refractivity contribution in [2.24, 2.45) is 5.92 Å². The second kappa shape index (κ2) is 5.22. The van der Waals surface area contributed by atoms with Crippen LogP contribution in [0.25, 0.3) is 0 Å². The number of carboxylic acids is 1. The van der Waals surface area contributed by atoms with Gasteiger partial charge in [0.25, 0.3) is 0 Å². The second-order valence-corrected chi connectivity index (χ2v) is 7.15. The molecular weight excluding hydrogens is 334 g/mol. The molecule has 1 aliphatic rings. The summed E-state index contributed by atoms with van der Waals surface area (Å²) in [4.78, 5) is 11.0. The molecule has 104 valence electrons. The zero-order valence-electron chi connectivity index (χ0n) is 10.3. The topological polar surface area (TPSA) is 83.5 Å². The molecule has 0 amide bonds. The molecule has 0 aromatic heterocycles. The monoisotopic (exact) mass is 347 g/mol. The Kier molecular flexibility index (Phi) is 3.98. The first-order chi connectivity index (χ1) is 8.85. The summed E-state index contributed by atoms with van der Waals surface area (Å²) in [5.74, 6) is -0.772. The summed E-state index contributed by atoms with van der Waals surface area (Å²) in [6.45, 7) is 2.02. The highest BCUT2D eigenvalue weighted by molar-refractivity contribution is 9.10. The van der Waals surface area contributed by atoms with Crippen molar-refractivity contribution in [3.05, 3.63) is 28.2 Å². The molecular formula is C12H14BrNO4S. The van der Waals surface area contributed by atoms with Crippen LogP contribution in [-0.4, -0.2) is 25.5 Å². The van der Waals surface area contributed by atoms with Gasteiger partial charge in [0.15, 0.2) is 0 Å². The number of hydrogen-bond acceptors (Lipinski definition) is 3. The van der Waals surface area contributed by atoms with Crippen molar-refractivity contribution in [3.8, 4) is 0 Å². The third-order valence-corrected chi connectivity index (χ3v) is 5.41. The fourth-order valence-electron chi connectivity index (χ4n) is 1.95. The van der Waals surface area contributed by atoms with Crippen molar-refractivity contribution < 1.29 is 18.3 Å². The quantitative estimate of drug-likeness (QED) is 0.855. The Bertz CT molecular complexity index is 614. The minimum absolute atomic E-state index is 0.0187. The number of carbonyl (C=O) groups is 1. The maximum atomic E-state index is 12.1. The van der Waals surface area contributed by atoms with Crippen molar-refractivity contribution in [1.29, 1.82) is 0 Å². The number of carboxylic acid groups (broad SMARTS) is 1. The number of rotatable bonds is 5. The zero-order valence-corrected chi connectivity index (χ0v) is 12.7. The average molecular weight is 348 g/mol. The number of sulfonamides is 1. The van der Waals surface area contributed by atoms with Crippen LogP contribution in [0.3, 0.4) is 0 Å². The third kappa shape index (κ3) is 3.16. The van der Waals surface area contributed by atoms with Gasteiger partial charge in [0.2, 0.25) is 10.0 Å². The van der Waals surface area contributed by atoms with E-state index in [0.717, 1.165) is 18.9 Å². The van der Waals surface area contributed by atoms with Crippen LogP contribution in [0.15, 0.2) is 27.6 Å². The van der Waals surface area contributed by atoms with E-state index in [-0.39, 0.29) is 16.5 Å². The summed E-state index contributed by atoms with van der Waals surface area (Å²) < 4.78 is 27.2. The normalized spacial score (nSPS) is 22.2. The van der Waals surface area contributed by atoms with E-state index in [1.165, 1.54) is 12.1 Å². The summed E-state index contributed by atoms with van der Waals surface area (Å²) in [5, 5.41) is 8.98. The predicted molar refractivity (Wildman–Crippen MR) is 73.6 cm³/mol. The molecule has 0 aliphatic heterocycles. The van der Waals surface area contributed by atoms with Crippen LogP contribution >= 0.6 is 15.9 Å². The van der Waals surface area contributed by atoms with E-state index in [4.69, 9.17) is 5.11 Å². The largest absolute Gasteiger partial charge is 0.478 e. The second-order valence-electron chi connectivity index (χ2n) is 4.58. The molecule has 0 radical (unpaired) electrons. The lowest BCUT2D eigenvalue weighted by atomic mass is 10.2. The van der Waals surface area contributed by atoms with Crippen molar-refractivity contribution in [1.82, 2.24) is 4.72 Å². The van der Waals surface area contributed by atoms with Gasteiger partial charge >= 0.3 is 5.97 Å². The Balaban J connectivity index is 2.26. The van der Waals surface area contributed by atoms with Gasteiger partial charge in [-0.3, -0.25) is 0 Å². The van der Waals surface area contributed by atoms with Gasteiger partial charge in [0, 0.05) is 10.5 Å². The molecule has 2 rings (SSSR count). The van der Waals surface area contributed by atoms with Crippen molar-refractivity contribution in [2.75, 3.05) is 0 Å². The minimum Gasteiger partial charge on any atom is -0.478 e. The Morgan fingerprint density at radius 3 is 2.74 bits per heavy atom. The van der Waals surface area contributed by atoms with Crippen molar-refractivity contribution in [3.63, 3.8) is 0 Å². The van der Waals surface area contributed by atoms with E-state index in [1.54, 1.807) is 0 Å². The first kappa shape index (κ1) is 14.5. The van der Waals surface area contributed by atoms with Gasteiger partial charge in [-0.25, -0.2) is 17.9 Å². The summed E-state index contributed by atoms with van der Waals surface area (Å²) in [5.41, 5.74) is -0.0642. The molecule has 0 bridgehead atoms. The van der Waals surface area contributed by atoms with Crippen LogP contribution in [0, 0.1) is 5.92 Å². The fourth-order valence-corrected chi connectivity index (χ4v) is 3.71. The minimum atomic E-state index is -3.65. The first-order valence-corrected chi connectivity index (χ1v) is 8.18. The van der Waals surface area contributed by atoms with Crippen LogP contribution in [-0.2, 0) is 10.0 Å². The summed E-state index contributed by atoms with van der Waals surface area (Å²) in [7, 11) is -3.65. The van der Waals surface area contributed by atoms with E-state index in [0.29, 0.717) is 10.4 Å². The Morgan fingerprint density at radius 2 is 2.21 bits per heavy atom. The molecule has 0 spiro atoms. The van der Waals surface area contributed by atoms with Crippen molar-refractivity contribution in [2.45, 2.75) is 30.7 Å². The summed E-state index contributed by atoms with van der Waals surface area (Å²) in [6.07, 6.45) is 1.78. The van der Waals surface area contributed by atoms with Gasteiger partial charge in [0.1, 0.15) is 0 Å². The highest BCUT2D eigenvalue weighted by atomic mass is 79.9. The number of hydrogen-bond donors (Lipinski definition) is 2. The number of benzene rings is 1. The van der Waals surface area contributed by atoms with E-state index in [1.807, 2.05) is 6.92 Å². The maximum absolute atomic E-state index is 12.1. The van der Waals surface area contributed by atoms with Gasteiger partial charge in [-0.15, -0.1) is 0 Å². The zero-order chi connectivity index (χ0) is 14.2. The molecule has 2 N–H and O–H groups in total. The lowest BCUT2D eigenvalue weighted by Crippen LogP contribution is -2.27. The summed E-state index contributed by atoms with van der Waals surface area (Å²) >= 11 is 3.09. The number of nitrogens with one attached hydrogen (secondary N) is 1. The van der Waals surface area contributed by atoms with E-state index in [2.05, 4.69) is 20.7 Å². The van der Waals surface area contributed by atoms with Gasteiger partial charge in [-0.2, -0.15) is 0 Å². The maximum Gasteiger partial charge on any atom is 0.336 e. The Labute approximate surface area is 120 Å². The van der Waals surface area contributed by atoms with E-state index in [9.17, 15) is 13.2 Å². The van der Waals surface area contributed by atoms with Gasteiger partial charge in [-0.1, -0.05) is 13.3 Å². The molecule has 1 aliphatic carbocycles. The fraction of sp³-hybridized carbons (Fsp3) is 0.417. The third-order valence-electron chi connectivity index (χ3n) is 3.23. The molecule has 2 atom stereocenters. The molecule has 2 unspecified atom stereocenters. The van der Waals surface area contributed by atoms with Crippen LogP contribution in [0.2, 0.25) is 0 Å². The highest BCUT2D eigenvalue weighted by Crippen LogP contribution is 2.34. The Hall–Kier alpha value is -0.920. The van der Waals surface area contributed by atoms with Crippen LogP contribution in [0.4, 0.5) is 0 Å². The number of aromatic carboxylic acids is 1. The van der Waals surface area contributed by atoms with Gasteiger partial charge in [-0.05, 0) is 46.5 Å². The molecule has 7 heteroatoms. The first-order valence-electron chi connectivity index (χ1n) is 5.90. The Morgan fingerprint density at radius 1 is 1.53 bits per heavy atom. The van der Waals surface area contributed by atoms with Crippen LogP contribution in [0.5, 0.6) is 0 Å². The predicted octanol–water partition coefficient (Wildman–Crippen LogP) is 2.22. The van der Waals surface area contributed by atoms with Crippen LogP contribution < -0.4 is 4.72 Å². The molecule has 1 saturated carbocycles.